The maximum Gasteiger partial charge on any atom is 0.326 e. The average Bonchev–Trinajstić information content (AvgIpc) is 3.18. The van der Waals surface area contributed by atoms with Crippen LogP contribution in [0.3, 0.4) is 0 Å². The van der Waals surface area contributed by atoms with Crippen LogP contribution in [-0.2, 0) is 14.3 Å². The molecular weight excluding hydrogens is 430 g/mol. The third-order valence-corrected chi connectivity index (χ3v) is 5.35. The van der Waals surface area contributed by atoms with Crippen molar-refractivity contribution < 1.29 is 14.3 Å². The molecule has 1 saturated heterocycles. The zero-order valence-electron chi connectivity index (χ0n) is 18.4. The lowest BCUT2D eigenvalue weighted by molar-refractivity contribution is -0.158. The lowest BCUT2D eigenvalue weighted by atomic mass is 10.1. The zero-order valence-corrected chi connectivity index (χ0v) is 19.2. The molecule has 32 heavy (non-hydrogen) atoms. The summed E-state index contributed by atoms with van der Waals surface area (Å²) in [6.45, 7) is 6.64. The van der Waals surface area contributed by atoms with Gasteiger partial charge in [-0.05, 0) is 45.4 Å². The maximum atomic E-state index is 12.9. The first kappa shape index (κ1) is 22.1. The molecule has 9 heteroatoms. The van der Waals surface area contributed by atoms with E-state index in [0.29, 0.717) is 30.4 Å². The molecule has 1 aromatic carbocycles. The van der Waals surface area contributed by atoms with Crippen LogP contribution in [0.25, 0.3) is 16.6 Å². The van der Waals surface area contributed by atoms with E-state index in [9.17, 15) is 9.59 Å². The van der Waals surface area contributed by atoms with Crippen molar-refractivity contribution in [2.24, 2.45) is 0 Å². The number of imidazole rings is 1. The van der Waals surface area contributed by atoms with Gasteiger partial charge in [-0.1, -0.05) is 11.6 Å². The summed E-state index contributed by atoms with van der Waals surface area (Å²) < 4.78 is 7.29. The lowest BCUT2D eigenvalue weighted by Gasteiger charge is -2.25. The first-order chi connectivity index (χ1) is 15.2. The molecule has 0 spiro atoms. The average molecular weight is 456 g/mol. The van der Waals surface area contributed by atoms with Crippen LogP contribution < -0.4 is 4.90 Å². The minimum Gasteiger partial charge on any atom is -0.459 e. The Morgan fingerprint density at radius 2 is 2.03 bits per heavy atom. The topological polar surface area (TPSA) is 80.6 Å². The van der Waals surface area contributed by atoms with Gasteiger partial charge < -0.3 is 19.1 Å². The number of amides is 1. The van der Waals surface area contributed by atoms with Gasteiger partial charge in [-0.15, -0.1) is 0 Å². The van der Waals surface area contributed by atoms with Gasteiger partial charge in [-0.25, -0.2) is 9.97 Å². The second kappa shape index (κ2) is 8.78. The van der Waals surface area contributed by atoms with E-state index < -0.39 is 11.6 Å². The van der Waals surface area contributed by atoms with Gasteiger partial charge in [0.05, 0.1) is 24.1 Å². The van der Waals surface area contributed by atoms with Crippen LogP contribution in [-0.4, -0.2) is 63.1 Å². The summed E-state index contributed by atoms with van der Waals surface area (Å²) >= 11 is 6.22. The molecule has 1 aliphatic heterocycles. The number of ether oxygens (including phenoxy) is 1. The SMILES string of the molecule is CC(C)(C)OC(=O)CN1CCCN(c2cc(-n3ccnc3)c3ccc(Cl)cc3n2)CC1=O. The van der Waals surface area contributed by atoms with E-state index in [0.717, 1.165) is 16.6 Å². The van der Waals surface area contributed by atoms with E-state index >= 15 is 0 Å². The lowest BCUT2D eigenvalue weighted by Crippen LogP contribution is -2.41. The van der Waals surface area contributed by atoms with Gasteiger partial charge in [-0.3, -0.25) is 9.59 Å². The summed E-state index contributed by atoms with van der Waals surface area (Å²) in [5, 5.41) is 1.53. The highest BCUT2D eigenvalue weighted by molar-refractivity contribution is 6.31. The van der Waals surface area contributed by atoms with Crippen molar-refractivity contribution in [3.05, 3.63) is 48.0 Å². The molecule has 0 radical (unpaired) electrons. The molecule has 2 aromatic heterocycles. The molecule has 168 valence electrons. The van der Waals surface area contributed by atoms with Crippen molar-refractivity contribution in [3.63, 3.8) is 0 Å². The molecule has 1 fully saturated rings. The summed E-state index contributed by atoms with van der Waals surface area (Å²) in [5.41, 5.74) is 1.06. The number of aromatic nitrogens is 3. The molecule has 1 aliphatic rings. The van der Waals surface area contributed by atoms with E-state index in [1.54, 1.807) is 17.4 Å². The Morgan fingerprint density at radius 1 is 1.22 bits per heavy atom. The Labute approximate surface area is 191 Å². The number of hydrogen-bond donors (Lipinski definition) is 0. The Bertz CT molecular complexity index is 1140. The summed E-state index contributed by atoms with van der Waals surface area (Å²) in [4.78, 5) is 37.6. The van der Waals surface area contributed by atoms with Crippen LogP contribution in [0.4, 0.5) is 5.82 Å². The van der Waals surface area contributed by atoms with Crippen LogP contribution in [0.15, 0.2) is 43.0 Å². The monoisotopic (exact) mass is 455 g/mol. The van der Waals surface area contributed by atoms with Gasteiger partial charge in [0, 0.05) is 42.0 Å². The number of anilines is 1. The number of nitrogens with zero attached hydrogens (tertiary/aromatic N) is 5. The fourth-order valence-electron chi connectivity index (χ4n) is 3.76. The number of esters is 1. The number of fused-ring (bicyclic) bond motifs is 1. The van der Waals surface area contributed by atoms with Crippen molar-refractivity contribution in [2.45, 2.75) is 32.8 Å². The van der Waals surface area contributed by atoms with Crippen molar-refractivity contribution >= 4 is 40.2 Å². The summed E-state index contributed by atoms with van der Waals surface area (Å²) in [6.07, 6.45) is 6.02. The van der Waals surface area contributed by atoms with Crippen LogP contribution >= 0.6 is 11.6 Å². The minimum atomic E-state index is -0.585. The van der Waals surface area contributed by atoms with Gasteiger partial charge in [0.2, 0.25) is 5.91 Å². The summed E-state index contributed by atoms with van der Waals surface area (Å²) in [7, 11) is 0. The highest BCUT2D eigenvalue weighted by atomic mass is 35.5. The number of hydrogen-bond acceptors (Lipinski definition) is 6. The fraction of sp³-hybridized carbons (Fsp3) is 0.391. The second-order valence-electron chi connectivity index (χ2n) is 8.81. The van der Waals surface area contributed by atoms with E-state index in [1.807, 2.05) is 60.7 Å². The smallest absolute Gasteiger partial charge is 0.326 e. The number of carbonyl (C=O) groups is 2. The van der Waals surface area contributed by atoms with Crippen LogP contribution in [0.5, 0.6) is 0 Å². The molecular formula is C23H26ClN5O3. The number of carbonyl (C=O) groups excluding carboxylic acids is 2. The Balaban J connectivity index is 1.61. The molecule has 1 amide bonds. The largest absolute Gasteiger partial charge is 0.459 e. The highest BCUT2D eigenvalue weighted by Crippen LogP contribution is 2.28. The van der Waals surface area contributed by atoms with Crippen LogP contribution in [0.2, 0.25) is 5.02 Å². The van der Waals surface area contributed by atoms with E-state index in [4.69, 9.17) is 21.3 Å². The van der Waals surface area contributed by atoms with Crippen LogP contribution in [0.1, 0.15) is 27.2 Å². The Kier molecular flexibility index (Phi) is 6.06. The molecule has 3 aromatic rings. The first-order valence-corrected chi connectivity index (χ1v) is 10.9. The molecule has 4 rings (SSSR count). The third-order valence-electron chi connectivity index (χ3n) is 5.12. The molecule has 8 nitrogen and oxygen atoms in total. The highest BCUT2D eigenvalue weighted by Gasteiger charge is 2.27. The van der Waals surface area contributed by atoms with Crippen LogP contribution in [0, 0.1) is 0 Å². The Morgan fingerprint density at radius 3 is 2.75 bits per heavy atom. The maximum absolute atomic E-state index is 12.9. The molecule has 0 saturated carbocycles. The number of pyridine rings is 1. The summed E-state index contributed by atoms with van der Waals surface area (Å²) in [6, 6.07) is 7.53. The zero-order chi connectivity index (χ0) is 22.9. The third kappa shape index (κ3) is 5.02. The van der Waals surface area contributed by atoms with E-state index in [2.05, 4.69) is 4.98 Å². The number of halogens is 1. The molecule has 0 bridgehead atoms. The predicted molar refractivity (Wildman–Crippen MR) is 123 cm³/mol. The number of benzene rings is 1. The van der Waals surface area contributed by atoms with Crippen molar-refractivity contribution in [1.82, 2.24) is 19.4 Å². The van der Waals surface area contributed by atoms with Crippen molar-refractivity contribution in [1.29, 1.82) is 0 Å². The van der Waals surface area contributed by atoms with Crippen molar-refractivity contribution in [2.75, 3.05) is 31.1 Å². The van der Waals surface area contributed by atoms with Gasteiger partial charge >= 0.3 is 5.97 Å². The standard InChI is InChI=1S/C23H26ClN5O3/c1-23(2,3)32-22(31)14-28-9-4-8-27(13-21(28)30)20-12-19(29-10-7-25-15-29)17-6-5-16(24)11-18(17)26-20/h5-7,10-12,15H,4,8-9,13-14H2,1-3H3. The van der Waals surface area contributed by atoms with Gasteiger partial charge in [0.25, 0.3) is 0 Å². The fourth-order valence-corrected chi connectivity index (χ4v) is 3.93. The van der Waals surface area contributed by atoms with Gasteiger partial charge in [-0.2, -0.15) is 0 Å². The summed E-state index contributed by atoms with van der Waals surface area (Å²) in [5.74, 6) is 0.140. The molecule has 0 aliphatic carbocycles. The van der Waals surface area contributed by atoms with Gasteiger partial charge in [0.1, 0.15) is 18.0 Å². The molecule has 0 unspecified atom stereocenters. The van der Waals surface area contributed by atoms with E-state index in [1.165, 1.54) is 0 Å². The second-order valence-corrected chi connectivity index (χ2v) is 9.24. The molecule has 0 atom stereocenters. The predicted octanol–water partition coefficient (Wildman–Crippen LogP) is 3.45. The first-order valence-electron chi connectivity index (χ1n) is 10.5. The quantitative estimate of drug-likeness (QED) is 0.560. The normalized spacial score (nSPS) is 15.2. The van der Waals surface area contributed by atoms with Crippen molar-refractivity contribution in [3.8, 4) is 5.69 Å². The Hall–Kier alpha value is -3.13. The minimum absolute atomic E-state index is 0.0506. The molecule has 0 N–H and O–H groups in total. The van der Waals surface area contributed by atoms with Gasteiger partial charge in [0.15, 0.2) is 0 Å². The van der Waals surface area contributed by atoms with E-state index in [-0.39, 0.29) is 19.0 Å². The molecule has 3 heterocycles. The number of rotatable bonds is 4.